The summed E-state index contributed by atoms with van der Waals surface area (Å²) in [6.45, 7) is 2.11. The van der Waals surface area contributed by atoms with Crippen molar-refractivity contribution in [3.8, 4) is 0 Å². The van der Waals surface area contributed by atoms with Gasteiger partial charge in [-0.1, -0.05) is 59.6 Å². The van der Waals surface area contributed by atoms with Crippen LogP contribution in [0.3, 0.4) is 0 Å². The molecule has 2 aromatic rings. The van der Waals surface area contributed by atoms with Crippen LogP contribution in [0, 0.1) is 5.92 Å². The van der Waals surface area contributed by atoms with E-state index in [4.69, 9.17) is 23.2 Å². The van der Waals surface area contributed by atoms with E-state index in [1.807, 2.05) is 37.3 Å². The van der Waals surface area contributed by atoms with Gasteiger partial charge in [0.25, 0.3) is 0 Å². The molecular formula is C22H23Cl2N3O3. The Balaban J connectivity index is 1.59. The van der Waals surface area contributed by atoms with Crippen molar-refractivity contribution in [2.75, 3.05) is 25.5 Å². The van der Waals surface area contributed by atoms with Crippen LogP contribution in [0.4, 0.5) is 5.69 Å². The number of benzene rings is 2. The topological polar surface area (TPSA) is 69.7 Å². The zero-order valence-corrected chi connectivity index (χ0v) is 18.3. The summed E-state index contributed by atoms with van der Waals surface area (Å²) in [4.78, 5) is 40.8. The van der Waals surface area contributed by atoms with Crippen LogP contribution in [-0.2, 0) is 14.4 Å². The lowest BCUT2D eigenvalue weighted by atomic mass is 10.1. The molecule has 1 aliphatic rings. The Morgan fingerprint density at radius 2 is 1.77 bits per heavy atom. The molecule has 3 amide bonds. The molecule has 0 unspecified atom stereocenters. The fourth-order valence-electron chi connectivity index (χ4n) is 3.58. The lowest BCUT2D eigenvalue weighted by Crippen LogP contribution is -2.39. The van der Waals surface area contributed by atoms with Gasteiger partial charge in [0.15, 0.2) is 0 Å². The highest BCUT2D eigenvalue weighted by Gasteiger charge is 2.38. The van der Waals surface area contributed by atoms with E-state index in [9.17, 15) is 14.4 Å². The summed E-state index contributed by atoms with van der Waals surface area (Å²) in [6, 6.07) is 14.5. The van der Waals surface area contributed by atoms with Crippen molar-refractivity contribution in [1.29, 1.82) is 0 Å². The molecule has 158 valence electrons. The molecule has 6 nitrogen and oxygen atoms in total. The van der Waals surface area contributed by atoms with E-state index in [0.717, 1.165) is 5.56 Å². The second-order valence-corrected chi connectivity index (χ2v) is 8.19. The van der Waals surface area contributed by atoms with Crippen molar-refractivity contribution in [3.05, 3.63) is 64.1 Å². The smallest absolute Gasteiger partial charge is 0.244 e. The van der Waals surface area contributed by atoms with E-state index in [1.165, 1.54) is 4.90 Å². The molecule has 2 atom stereocenters. The van der Waals surface area contributed by atoms with Crippen molar-refractivity contribution < 1.29 is 14.4 Å². The molecule has 0 radical (unpaired) electrons. The van der Waals surface area contributed by atoms with Gasteiger partial charge in [-0.05, 0) is 24.6 Å². The number of carbonyl (C=O) groups excluding carboxylic acids is 3. The predicted octanol–water partition coefficient (Wildman–Crippen LogP) is 4.00. The number of para-hydroxylation sites is 1. The zero-order valence-electron chi connectivity index (χ0n) is 16.8. The molecular weight excluding hydrogens is 425 g/mol. The van der Waals surface area contributed by atoms with Crippen LogP contribution >= 0.6 is 23.2 Å². The van der Waals surface area contributed by atoms with Crippen molar-refractivity contribution in [2.24, 2.45) is 5.92 Å². The number of nitrogens with zero attached hydrogens (tertiary/aromatic N) is 2. The Morgan fingerprint density at radius 3 is 2.40 bits per heavy atom. The lowest BCUT2D eigenvalue weighted by molar-refractivity contribution is -0.137. The number of amides is 3. The first kappa shape index (κ1) is 22.1. The average molecular weight is 448 g/mol. The van der Waals surface area contributed by atoms with Crippen LogP contribution in [0.15, 0.2) is 48.5 Å². The normalized spacial score (nSPS) is 17.0. The fourth-order valence-corrected chi connectivity index (χ4v) is 4.08. The van der Waals surface area contributed by atoms with Gasteiger partial charge in [0.05, 0.1) is 34.2 Å². The highest BCUT2D eigenvalue weighted by atomic mass is 35.5. The molecule has 2 aromatic carbocycles. The number of halogens is 2. The molecule has 1 fully saturated rings. The molecule has 0 aliphatic carbocycles. The van der Waals surface area contributed by atoms with E-state index < -0.39 is 11.8 Å². The molecule has 1 aliphatic heterocycles. The van der Waals surface area contributed by atoms with Crippen LogP contribution in [0.5, 0.6) is 0 Å². The van der Waals surface area contributed by atoms with Crippen LogP contribution in [0.1, 0.15) is 24.9 Å². The van der Waals surface area contributed by atoms with Gasteiger partial charge in [-0.25, -0.2) is 0 Å². The maximum atomic E-state index is 12.8. The van der Waals surface area contributed by atoms with Crippen molar-refractivity contribution in [3.63, 3.8) is 0 Å². The second-order valence-electron chi connectivity index (χ2n) is 7.37. The molecule has 1 heterocycles. The fraction of sp³-hybridized carbons (Fsp3) is 0.318. The largest absolute Gasteiger partial charge is 0.336 e. The van der Waals surface area contributed by atoms with Crippen LogP contribution < -0.4 is 5.32 Å². The first-order valence-corrected chi connectivity index (χ1v) is 10.4. The van der Waals surface area contributed by atoms with Gasteiger partial charge >= 0.3 is 0 Å². The summed E-state index contributed by atoms with van der Waals surface area (Å²) in [5.74, 6) is -1.21. The summed E-state index contributed by atoms with van der Waals surface area (Å²) in [5.41, 5.74) is 1.33. The van der Waals surface area contributed by atoms with E-state index in [-0.39, 0.29) is 30.8 Å². The third kappa shape index (κ3) is 4.94. The SMILES string of the molecule is C[C@@H](c1ccccc1)N1C[C@@H](C(=O)N(C)CC(=O)Nc2c(Cl)cccc2Cl)CC1=O. The summed E-state index contributed by atoms with van der Waals surface area (Å²) in [6.07, 6.45) is 0.137. The molecule has 0 bridgehead atoms. The minimum atomic E-state index is -0.481. The van der Waals surface area contributed by atoms with Crippen molar-refractivity contribution >= 4 is 46.6 Å². The number of rotatable bonds is 6. The Kier molecular flexibility index (Phi) is 7.00. The van der Waals surface area contributed by atoms with Gasteiger partial charge in [-0.3, -0.25) is 14.4 Å². The van der Waals surface area contributed by atoms with Crippen LogP contribution in [-0.4, -0.2) is 47.7 Å². The highest BCUT2D eigenvalue weighted by Crippen LogP contribution is 2.31. The van der Waals surface area contributed by atoms with E-state index in [2.05, 4.69) is 5.32 Å². The number of carbonyl (C=O) groups is 3. The summed E-state index contributed by atoms with van der Waals surface area (Å²) >= 11 is 12.1. The summed E-state index contributed by atoms with van der Waals surface area (Å²) in [7, 11) is 1.55. The van der Waals surface area contributed by atoms with Gasteiger partial charge in [-0.2, -0.15) is 0 Å². The highest BCUT2D eigenvalue weighted by molar-refractivity contribution is 6.39. The monoisotopic (exact) mass is 447 g/mol. The maximum absolute atomic E-state index is 12.8. The molecule has 1 N–H and O–H groups in total. The first-order chi connectivity index (χ1) is 14.3. The number of likely N-dealkylation sites (N-methyl/N-ethyl adjacent to an activating group) is 1. The third-order valence-electron chi connectivity index (χ3n) is 5.24. The standard InChI is InChI=1S/C22H23Cl2N3O3/c1-14(15-7-4-3-5-8-15)27-12-16(11-20(27)29)22(30)26(2)13-19(28)25-21-17(23)9-6-10-18(21)24/h3-10,14,16H,11-13H2,1-2H3,(H,25,28)/t14-,16-/m0/s1. The van der Waals surface area contributed by atoms with Crippen LogP contribution in [0.2, 0.25) is 10.0 Å². The van der Waals surface area contributed by atoms with Crippen molar-refractivity contribution in [2.45, 2.75) is 19.4 Å². The summed E-state index contributed by atoms with van der Waals surface area (Å²) < 4.78 is 0. The molecule has 30 heavy (non-hydrogen) atoms. The third-order valence-corrected chi connectivity index (χ3v) is 5.87. The maximum Gasteiger partial charge on any atom is 0.244 e. The quantitative estimate of drug-likeness (QED) is 0.727. The Bertz CT molecular complexity index is 932. The number of hydrogen-bond donors (Lipinski definition) is 1. The lowest BCUT2D eigenvalue weighted by Gasteiger charge is -2.26. The summed E-state index contributed by atoms with van der Waals surface area (Å²) in [5, 5.41) is 3.27. The van der Waals surface area contributed by atoms with Crippen LogP contribution in [0.25, 0.3) is 0 Å². The molecule has 0 saturated carbocycles. The molecule has 3 rings (SSSR count). The number of likely N-dealkylation sites (tertiary alicyclic amines) is 1. The number of anilines is 1. The Morgan fingerprint density at radius 1 is 1.13 bits per heavy atom. The zero-order chi connectivity index (χ0) is 21.8. The second kappa shape index (κ2) is 9.49. The Hall–Kier alpha value is -2.57. The molecule has 1 saturated heterocycles. The molecule has 0 aromatic heterocycles. The van der Waals surface area contributed by atoms with Gasteiger partial charge < -0.3 is 15.1 Å². The van der Waals surface area contributed by atoms with Gasteiger partial charge in [0.1, 0.15) is 0 Å². The molecule has 8 heteroatoms. The number of hydrogen-bond acceptors (Lipinski definition) is 3. The van der Waals surface area contributed by atoms with E-state index in [1.54, 1.807) is 30.1 Å². The van der Waals surface area contributed by atoms with E-state index in [0.29, 0.717) is 22.3 Å². The van der Waals surface area contributed by atoms with Gasteiger partial charge in [0.2, 0.25) is 17.7 Å². The Labute approximate surface area is 185 Å². The first-order valence-electron chi connectivity index (χ1n) is 9.61. The number of nitrogens with one attached hydrogen (secondary N) is 1. The predicted molar refractivity (Wildman–Crippen MR) is 117 cm³/mol. The van der Waals surface area contributed by atoms with Crippen molar-refractivity contribution in [1.82, 2.24) is 9.80 Å². The van der Waals surface area contributed by atoms with Gasteiger partial charge in [0, 0.05) is 20.0 Å². The minimum Gasteiger partial charge on any atom is -0.336 e. The minimum absolute atomic E-state index is 0.0644. The molecule has 0 spiro atoms. The van der Waals surface area contributed by atoms with Gasteiger partial charge in [-0.15, -0.1) is 0 Å². The van der Waals surface area contributed by atoms with E-state index >= 15 is 0 Å². The average Bonchev–Trinajstić information content (AvgIpc) is 3.11.